The summed E-state index contributed by atoms with van der Waals surface area (Å²) < 4.78 is 26.3. The zero-order chi connectivity index (χ0) is 21.5. The molecule has 0 amide bonds. The van der Waals surface area contributed by atoms with E-state index in [1.54, 1.807) is 39.0 Å². The fraction of sp³-hybridized carbons (Fsp3) is 0.400. The Hall–Kier alpha value is 1.18. The number of rotatable bonds is 1. The summed E-state index contributed by atoms with van der Waals surface area (Å²) in [5.74, 6) is 0. The monoisotopic (exact) mass is 622 g/mol. The van der Waals surface area contributed by atoms with Gasteiger partial charge in [-0.15, -0.1) is 0 Å². The van der Waals surface area contributed by atoms with Crippen molar-refractivity contribution in [1.29, 1.82) is 0 Å². The summed E-state index contributed by atoms with van der Waals surface area (Å²) in [7, 11) is -3.23. The molecule has 0 aliphatic heterocycles. The number of benzene rings is 2. The minimum absolute atomic E-state index is 0. The Kier molecular flexibility index (Phi) is 15.2. The van der Waals surface area contributed by atoms with Crippen molar-refractivity contribution in [2.24, 2.45) is 0 Å². The molecule has 2 nitrogen and oxygen atoms in total. The van der Waals surface area contributed by atoms with Gasteiger partial charge in [0, 0.05) is 13.4 Å². The van der Waals surface area contributed by atoms with Gasteiger partial charge in [-0.25, -0.2) is 8.42 Å². The van der Waals surface area contributed by atoms with Crippen molar-refractivity contribution in [2.45, 2.75) is 55.9 Å². The summed E-state index contributed by atoms with van der Waals surface area (Å²) in [6, 6.07) is 14.7. The van der Waals surface area contributed by atoms with Crippen molar-refractivity contribution in [2.75, 3.05) is 0 Å². The largest absolute Gasteiger partial charge is 1.00 e. The predicted molar refractivity (Wildman–Crippen MR) is 130 cm³/mol. The molecule has 28 heavy (non-hydrogen) atoms. The van der Waals surface area contributed by atoms with Gasteiger partial charge in [-0.3, -0.25) is 0 Å². The van der Waals surface area contributed by atoms with Crippen molar-refractivity contribution in [3.63, 3.8) is 0 Å². The van der Waals surface area contributed by atoms with Crippen LogP contribution in [0.15, 0.2) is 66.8 Å². The average Bonchev–Trinajstić information content (AvgIpc) is 2.44. The first kappa shape index (κ1) is 31.4. The molecule has 0 N–H and O–H groups in total. The molecule has 2 aromatic carbocycles. The molecule has 0 saturated heterocycles. The van der Waals surface area contributed by atoms with Crippen LogP contribution >= 0.6 is 47.8 Å². The summed E-state index contributed by atoms with van der Waals surface area (Å²) in [5, 5.41) is 0. The molecule has 2 aromatic rings. The van der Waals surface area contributed by atoms with Crippen LogP contribution in [0.2, 0.25) is 0 Å². The molecule has 0 fully saturated rings. The van der Waals surface area contributed by atoms with Crippen LogP contribution in [0, 0.1) is 0 Å². The third-order valence-corrected chi connectivity index (χ3v) is 6.67. The second-order valence-corrected chi connectivity index (χ2v) is 14.3. The van der Waals surface area contributed by atoms with E-state index in [0.29, 0.717) is 4.90 Å². The molecule has 152 valence electrons. The van der Waals surface area contributed by atoms with Crippen LogP contribution in [-0.2, 0) is 22.5 Å². The fourth-order valence-corrected chi connectivity index (χ4v) is 4.35. The van der Waals surface area contributed by atoms with E-state index in [2.05, 4.69) is 47.8 Å². The molecule has 8 heteroatoms. The number of hydrogen-bond donors (Lipinski definition) is 0. The van der Waals surface area contributed by atoms with Crippen molar-refractivity contribution in [3.05, 3.63) is 61.9 Å². The van der Waals surface area contributed by atoms with E-state index in [1.807, 2.05) is 51.1 Å². The predicted octanol–water partition coefficient (Wildman–Crippen LogP) is 4.57. The van der Waals surface area contributed by atoms with Crippen molar-refractivity contribution >= 4 is 70.3 Å². The van der Waals surface area contributed by atoms with Crippen LogP contribution in [-0.4, -0.2) is 17.9 Å². The van der Waals surface area contributed by atoms with E-state index in [9.17, 15) is 8.42 Å². The van der Waals surface area contributed by atoms with Crippen molar-refractivity contribution in [3.8, 4) is 0 Å². The maximum Gasteiger partial charge on any atom is 1.00 e. The molecule has 0 bridgehead atoms. The zero-order valence-electron chi connectivity index (χ0n) is 17.4. The third kappa shape index (κ3) is 14.2. The Morgan fingerprint density at radius 1 is 0.750 bits per heavy atom. The van der Waals surface area contributed by atoms with E-state index in [0.717, 1.165) is 13.4 Å². The molecule has 2 rings (SSSR count). The van der Waals surface area contributed by atoms with Gasteiger partial charge in [0.1, 0.15) is 0 Å². The zero-order valence-corrected chi connectivity index (χ0v) is 25.8. The molecule has 0 aliphatic carbocycles. The van der Waals surface area contributed by atoms with Crippen LogP contribution in [0.25, 0.3) is 0 Å². The van der Waals surface area contributed by atoms with Crippen LogP contribution in [0.1, 0.15) is 41.5 Å². The molecule has 0 radical (unpaired) electrons. The first-order valence-corrected chi connectivity index (χ1v) is 12.4. The molecule has 0 aliphatic rings. The van der Waals surface area contributed by atoms with Gasteiger partial charge in [-0.05, 0) is 57.2 Å². The number of hydrogen-bond acceptors (Lipinski definition) is 3. The van der Waals surface area contributed by atoms with Gasteiger partial charge in [-0.1, -0.05) is 80.7 Å². The second kappa shape index (κ2) is 13.6. The fourth-order valence-electron chi connectivity index (χ4n) is 1.45. The van der Waals surface area contributed by atoms with Gasteiger partial charge >= 0.3 is 29.6 Å². The molecule has 0 unspecified atom stereocenters. The smallest absolute Gasteiger partial charge is 0.787 e. The van der Waals surface area contributed by atoms with E-state index in [4.69, 9.17) is 12.6 Å². The van der Waals surface area contributed by atoms with Crippen LogP contribution in [0.3, 0.4) is 0 Å². The van der Waals surface area contributed by atoms with Gasteiger partial charge in [0.2, 0.25) is 0 Å². The summed E-state index contributed by atoms with van der Waals surface area (Å²) in [6.45, 7) is 11.1. The normalized spacial score (nSPS) is 11.2. The Balaban J connectivity index is 0. The van der Waals surface area contributed by atoms with E-state index >= 15 is 0 Å². The first-order valence-electron chi connectivity index (χ1n) is 8.16. The van der Waals surface area contributed by atoms with Crippen LogP contribution in [0.5, 0.6) is 0 Å². The van der Waals surface area contributed by atoms with E-state index < -0.39 is 14.6 Å². The Morgan fingerprint density at radius 3 is 1.32 bits per heavy atom. The molecule has 0 heterocycles. The van der Waals surface area contributed by atoms with Crippen LogP contribution in [0.4, 0.5) is 0 Å². The third-order valence-electron chi connectivity index (χ3n) is 2.70. The molecule has 0 saturated carbocycles. The molecule has 0 atom stereocenters. The molecule has 0 spiro atoms. The SMILES string of the molecule is Brc1cccc(Br)c1.CC(C)(C)S(=O)(=O)c1cccc(Br)c1.CC(C)(C)[S-].[Na+]. The van der Waals surface area contributed by atoms with Crippen molar-refractivity contribution in [1.82, 2.24) is 0 Å². The first-order chi connectivity index (χ1) is 12.0. The molecular weight excluding hydrogens is 599 g/mol. The maximum atomic E-state index is 12.0. The van der Waals surface area contributed by atoms with Crippen molar-refractivity contribution < 1.29 is 38.0 Å². The maximum absolute atomic E-state index is 12.0. The van der Waals surface area contributed by atoms with Crippen LogP contribution < -0.4 is 29.6 Å². The minimum Gasteiger partial charge on any atom is -0.787 e. The topological polar surface area (TPSA) is 34.1 Å². The van der Waals surface area contributed by atoms with Gasteiger partial charge in [-0.2, -0.15) is 4.75 Å². The molecular formula is C20H26Br3NaO2S2. The van der Waals surface area contributed by atoms with Gasteiger partial charge < -0.3 is 12.6 Å². The summed E-state index contributed by atoms with van der Waals surface area (Å²) in [4.78, 5) is 0.361. The summed E-state index contributed by atoms with van der Waals surface area (Å²) >= 11 is 14.7. The number of sulfone groups is 1. The second-order valence-electron chi connectivity index (χ2n) is 7.63. The minimum atomic E-state index is -3.23. The summed E-state index contributed by atoms with van der Waals surface area (Å²) in [5.41, 5.74) is 0. The van der Waals surface area contributed by atoms with Gasteiger partial charge in [0.25, 0.3) is 0 Å². The Bertz CT molecular complexity index is 805. The molecule has 0 aromatic heterocycles. The quantitative estimate of drug-likeness (QED) is 0.345. The average molecular weight is 625 g/mol. The Labute approximate surface area is 223 Å². The van der Waals surface area contributed by atoms with E-state index in [1.165, 1.54) is 0 Å². The summed E-state index contributed by atoms with van der Waals surface area (Å²) in [6.07, 6.45) is 0. The van der Waals surface area contributed by atoms with Gasteiger partial charge in [0.05, 0.1) is 9.64 Å². The Morgan fingerprint density at radius 2 is 1.07 bits per heavy atom. The number of halogens is 3. The van der Waals surface area contributed by atoms with Gasteiger partial charge in [0.15, 0.2) is 9.84 Å². The standard InChI is InChI=1S/C10H13BrO2S.C6H4Br2.C4H10S.Na/c1-10(2,3)14(12,13)9-6-4-5-8(11)7-9;7-5-2-1-3-6(8)4-5;1-4(2,3)5;/h4-7H,1-3H3;1-4H;5H,1-3H3;/q;;;+1/p-1. The van der Waals surface area contributed by atoms with E-state index in [-0.39, 0.29) is 34.3 Å².